The first-order valence-electron chi connectivity index (χ1n) is 10.5. The zero-order valence-corrected chi connectivity index (χ0v) is 17.2. The summed E-state index contributed by atoms with van der Waals surface area (Å²) < 4.78 is 1.86. The maximum atomic E-state index is 12.9. The van der Waals surface area contributed by atoms with Crippen molar-refractivity contribution in [1.29, 1.82) is 0 Å². The van der Waals surface area contributed by atoms with Gasteiger partial charge in [0.2, 0.25) is 5.91 Å². The van der Waals surface area contributed by atoms with Gasteiger partial charge in [0.1, 0.15) is 6.04 Å². The summed E-state index contributed by atoms with van der Waals surface area (Å²) in [6.07, 6.45) is 2.22. The number of carboxylic acids is 1. The Bertz CT molecular complexity index is 1270. The third-order valence-corrected chi connectivity index (χ3v) is 5.82. The number of carbonyl (C=O) groups is 2. The van der Waals surface area contributed by atoms with Gasteiger partial charge >= 0.3 is 5.97 Å². The minimum atomic E-state index is -0.892. The van der Waals surface area contributed by atoms with E-state index in [-0.39, 0.29) is 18.4 Å². The Morgan fingerprint density at radius 1 is 1.09 bits per heavy atom. The summed E-state index contributed by atoms with van der Waals surface area (Å²) in [6, 6.07) is 22.2. The standard InChI is InChI=1S/C25H22N4O3/c30-24(31)14-22(16-6-2-1-3-7-16)29-15-26-20-11-10-18(13-23(20)29)27-25(32)21-12-17-8-4-5-9-19(17)28-21/h1-11,13,15,21-22,28H,12,14H2,(H,27,32)(H,30,31). The fourth-order valence-electron chi connectivity index (χ4n) is 4.25. The fraction of sp³-hybridized carbons (Fsp3) is 0.160. The van der Waals surface area contributed by atoms with Crippen molar-refractivity contribution in [2.45, 2.75) is 24.9 Å². The zero-order valence-electron chi connectivity index (χ0n) is 17.2. The highest BCUT2D eigenvalue weighted by Gasteiger charge is 2.26. The van der Waals surface area contributed by atoms with Crippen molar-refractivity contribution in [1.82, 2.24) is 9.55 Å². The number of carboxylic acid groups (broad SMARTS) is 1. The van der Waals surface area contributed by atoms with Gasteiger partial charge in [-0.15, -0.1) is 0 Å². The largest absolute Gasteiger partial charge is 0.481 e. The van der Waals surface area contributed by atoms with E-state index in [4.69, 9.17) is 0 Å². The monoisotopic (exact) mass is 426 g/mol. The molecule has 7 nitrogen and oxygen atoms in total. The van der Waals surface area contributed by atoms with Crippen molar-refractivity contribution in [3.8, 4) is 0 Å². The molecule has 0 bridgehead atoms. The number of nitrogens with zero attached hydrogens (tertiary/aromatic N) is 2. The molecule has 32 heavy (non-hydrogen) atoms. The van der Waals surface area contributed by atoms with Crippen LogP contribution in [-0.4, -0.2) is 32.6 Å². The van der Waals surface area contributed by atoms with Crippen LogP contribution in [0.1, 0.15) is 23.6 Å². The van der Waals surface area contributed by atoms with Crippen molar-refractivity contribution in [2.75, 3.05) is 10.6 Å². The van der Waals surface area contributed by atoms with Crippen LogP contribution in [0.15, 0.2) is 79.1 Å². The first kappa shape index (κ1) is 19.8. The van der Waals surface area contributed by atoms with Crippen LogP contribution in [0.3, 0.4) is 0 Å². The first-order chi connectivity index (χ1) is 15.6. The van der Waals surface area contributed by atoms with Gasteiger partial charge in [0.05, 0.1) is 29.8 Å². The van der Waals surface area contributed by atoms with Gasteiger partial charge in [0, 0.05) is 17.8 Å². The molecule has 4 aromatic rings. The number of hydrogen-bond acceptors (Lipinski definition) is 4. The molecular formula is C25H22N4O3. The highest BCUT2D eigenvalue weighted by atomic mass is 16.4. The van der Waals surface area contributed by atoms with Gasteiger partial charge in [-0.1, -0.05) is 48.5 Å². The Morgan fingerprint density at radius 3 is 2.66 bits per heavy atom. The Labute approximate surface area is 184 Å². The van der Waals surface area contributed by atoms with E-state index in [2.05, 4.69) is 15.6 Å². The maximum absolute atomic E-state index is 12.9. The number of rotatable bonds is 6. The quantitative estimate of drug-likeness (QED) is 0.432. The number of para-hydroxylation sites is 1. The average molecular weight is 426 g/mol. The molecule has 160 valence electrons. The van der Waals surface area contributed by atoms with Crippen LogP contribution in [0.25, 0.3) is 11.0 Å². The lowest BCUT2D eigenvalue weighted by molar-refractivity contribution is -0.137. The Balaban J connectivity index is 1.42. The number of aliphatic carboxylic acids is 1. The summed E-state index contributed by atoms with van der Waals surface area (Å²) in [5, 5.41) is 15.7. The number of aromatic nitrogens is 2. The molecule has 0 radical (unpaired) electrons. The second kappa shape index (κ2) is 8.19. The minimum absolute atomic E-state index is 0.0731. The number of fused-ring (bicyclic) bond motifs is 2. The van der Waals surface area contributed by atoms with Crippen LogP contribution in [0, 0.1) is 0 Å². The highest BCUT2D eigenvalue weighted by molar-refractivity contribution is 5.99. The molecule has 0 fully saturated rings. The van der Waals surface area contributed by atoms with E-state index in [9.17, 15) is 14.7 Å². The minimum Gasteiger partial charge on any atom is -0.481 e. The van der Waals surface area contributed by atoms with Crippen molar-refractivity contribution in [2.24, 2.45) is 0 Å². The summed E-state index contributed by atoms with van der Waals surface area (Å²) in [4.78, 5) is 28.9. The number of benzene rings is 3. The van der Waals surface area contributed by atoms with Crippen molar-refractivity contribution in [3.05, 3.63) is 90.3 Å². The van der Waals surface area contributed by atoms with Crippen LogP contribution in [0.2, 0.25) is 0 Å². The third kappa shape index (κ3) is 3.80. The Kier molecular flexibility index (Phi) is 5.07. The molecule has 1 aliphatic rings. The average Bonchev–Trinajstić information content (AvgIpc) is 3.42. The SMILES string of the molecule is O=C(O)CC(c1ccccc1)n1cnc2ccc(NC(=O)C3Cc4ccccc4N3)cc21. The predicted octanol–water partition coefficient (Wildman–Crippen LogP) is 4.08. The van der Waals surface area contributed by atoms with E-state index in [1.54, 1.807) is 6.33 Å². The lowest BCUT2D eigenvalue weighted by atomic mass is 10.0. The summed E-state index contributed by atoms with van der Waals surface area (Å²) in [5.74, 6) is -1.01. The number of amides is 1. The molecule has 0 spiro atoms. The normalized spacial score (nSPS) is 15.7. The summed E-state index contributed by atoms with van der Waals surface area (Å²) in [7, 11) is 0. The number of anilines is 2. The van der Waals surface area contributed by atoms with Gasteiger partial charge in [-0.05, 0) is 35.4 Å². The highest BCUT2D eigenvalue weighted by Crippen LogP contribution is 2.29. The van der Waals surface area contributed by atoms with Crippen molar-refractivity contribution < 1.29 is 14.7 Å². The molecule has 0 saturated heterocycles. The summed E-state index contributed by atoms with van der Waals surface area (Å²) in [5.41, 5.74) is 5.14. The Morgan fingerprint density at radius 2 is 1.88 bits per heavy atom. The lowest BCUT2D eigenvalue weighted by Crippen LogP contribution is -2.32. The van der Waals surface area contributed by atoms with Crippen LogP contribution in [0.5, 0.6) is 0 Å². The predicted molar refractivity (Wildman–Crippen MR) is 123 cm³/mol. The molecule has 1 aromatic heterocycles. The second-order valence-corrected chi connectivity index (χ2v) is 7.93. The fourth-order valence-corrected chi connectivity index (χ4v) is 4.25. The van der Waals surface area contributed by atoms with E-state index < -0.39 is 12.0 Å². The number of hydrogen-bond donors (Lipinski definition) is 3. The smallest absolute Gasteiger partial charge is 0.305 e. The van der Waals surface area contributed by atoms with Gasteiger partial charge in [0.25, 0.3) is 0 Å². The Hall–Kier alpha value is -4.13. The van der Waals surface area contributed by atoms with Crippen LogP contribution in [0.4, 0.5) is 11.4 Å². The van der Waals surface area contributed by atoms with Crippen LogP contribution >= 0.6 is 0 Å². The maximum Gasteiger partial charge on any atom is 0.305 e. The van der Waals surface area contributed by atoms with E-state index >= 15 is 0 Å². The molecule has 0 aliphatic carbocycles. The molecular weight excluding hydrogens is 404 g/mol. The van der Waals surface area contributed by atoms with E-state index in [1.807, 2.05) is 77.4 Å². The van der Waals surface area contributed by atoms with Crippen LogP contribution in [-0.2, 0) is 16.0 Å². The molecule has 7 heteroatoms. The van der Waals surface area contributed by atoms with Gasteiger partial charge in [-0.25, -0.2) is 4.98 Å². The molecule has 3 N–H and O–H groups in total. The molecule has 1 amide bonds. The number of carbonyl (C=O) groups excluding carboxylic acids is 1. The molecule has 2 atom stereocenters. The topological polar surface area (TPSA) is 96.2 Å². The molecule has 2 unspecified atom stereocenters. The van der Waals surface area contributed by atoms with E-state index in [0.29, 0.717) is 12.1 Å². The van der Waals surface area contributed by atoms with Gasteiger partial charge in [-0.3, -0.25) is 9.59 Å². The van der Waals surface area contributed by atoms with Gasteiger partial charge in [0.15, 0.2) is 0 Å². The van der Waals surface area contributed by atoms with E-state index in [1.165, 1.54) is 0 Å². The molecule has 1 aliphatic heterocycles. The van der Waals surface area contributed by atoms with Gasteiger partial charge in [-0.2, -0.15) is 0 Å². The number of nitrogens with one attached hydrogen (secondary N) is 2. The van der Waals surface area contributed by atoms with E-state index in [0.717, 1.165) is 27.8 Å². The molecule has 0 saturated carbocycles. The van der Waals surface area contributed by atoms with Gasteiger partial charge < -0.3 is 20.3 Å². The third-order valence-electron chi connectivity index (χ3n) is 5.82. The summed E-state index contributed by atoms with van der Waals surface area (Å²) in [6.45, 7) is 0. The molecule has 3 aromatic carbocycles. The molecule has 2 heterocycles. The summed E-state index contributed by atoms with van der Waals surface area (Å²) >= 11 is 0. The van der Waals surface area contributed by atoms with Crippen molar-refractivity contribution >= 4 is 34.3 Å². The molecule has 5 rings (SSSR count). The van der Waals surface area contributed by atoms with Crippen molar-refractivity contribution in [3.63, 3.8) is 0 Å². The second-order valence-electron chi connectivity index (χ2n) is 7.93. The van der Waals surface area contributed by atoms with Crippen LogP contribution < -0.4 is 10.6 Å². The zero-order chi connectivity index (χ0) is 22.1. The lowest BCUT2D eigenvalue weighted by Gasteiger charge is -2.19. The number of imidazole rings is 1. The first-order valence-corrected chi connectivity index (χ1v) is 10.5.